The van der Waals surface area contributed by atoms with Gasteiger partial charge in [0.15, 0.2) is 0 Å². The molecule has 84 valence electrons. The van der Waals surface area contributed by atoms with Gasteiger partial charge < -0.3 is 9.47 Å². The third kappa shape index (κ3) is 6.26. The van der Waals surface area contributed by atoms with Crippen molar-refractivity contribution in [2.24, 2.45) is 0 Å². The molecule has 1 rings (SSSR count). The maximum absolute atomic E-state index is 5.52. The van der Waals surface area contributed by atoms with Gasteiger partial charge in [-0.3, -0.25) is 0 Å². The lowest BCUT2D eigenvalue weighted by Gasteiger charge is -2.04. The zero-order chi connectivity index (χ0) is 10.8. The average molecular weight is 208 g/mol. The molecule has 0 N–H and O–H groups in total. The molecule has 2 heteroatoms. The highest BCUT2D eigenvalue weighted by atomic mass is 16.5. The third-order valence-electron chi connectivity index (χ3n) is 2.04. The van der Waals surface area contributed by atoms with E-state index in [-0.39, 0.29) is 0 Å². The van der Waals surface area contributed by atoms with Crippen molar-refractivity contribution in [1.82, 2.24) is 0 Å². The zero-order valence-electron chi connectivity index (χ0n) is 9.45. The molecule has 0 aliphatic heterocycles. The lowest BCUT2D eigenvalue weighted by Crippen LogP contribution is -2.01. The SMILES string of the molecule is CCCOCCCOCc1ccccc1. The highest BCUT2D eigenvalue weighted by Crippen LogP contribution is 2.00. The normalized spacial score (nSPS) is 10.5. The summed E-state index contributed by atoms with van der Waals surface area (Å²) in [4.78, 5) is 0. The fourth-order valence-corrected chi connectivity index (χ4v) is 1.27. The molecule has 2 nitrogen and oxygen atoms in total. The van der Waals surface area contributed by atoms with Crippen LogP contribution < -0.4 is 0 Å². The second-order valence-corrected chi connectivity index (χ2v) is 3.50. The average Bonchev–Trinajstić information content (AvgIpc) is 2.29. The third-order valence-corrected chi connectivity index (χ3v) is 2.04. The lowest BCUT2D eigenvalue weighted by molar-refractivity contribution is 0.0760. The van der Waals surface area contributed by atoms with E-state index in [1.165, 1.54) is 5.56 Å². The monoisotopic (exact) mass is 208 g/mol. The Morgan fingerprint density at radius 3 is 2.40 bits per heavy atom. The van der Waals surface area contributed by atoms with Crippen LogP contribution in [-0.4, -0.2) is 19.8 Å². The summed E-state index contributed by atoms with van der Waals surface area (Å²) >= 11 is 0. The minimum absolute atomic E-state index is 0.703. The summed E-state index contributed by atoms with van der Waals surface area (Å²) in [6, 6.07) is 10.2. The molecule has 0 unspecified atom stereocenters. The minimum atomic E-state index is 0.703. The number of hydrogen-bond acceptors (Lipinski definition) is 2. The Hall–Kier alpha value is -0.860. The first-order valence-electron chi connectivity index (χ1n) is 5.63. The summed E-state index contributed by atoms with van der Waals surface area (Å²) < 4.78 is 10.9. The molecule has 0 fully saturated rings. The van der Waals surface area contributed by atoms with Crippen molar-refractivity contribution in [1.29, 1.82) is 0 Å². The Bertz CT molecular complexity index is 234. The van der Waals surface area contributed by atoms with Gasteiger partial charge in [0.25, 0.3) is 0 Å². The van der Waals surface area contributed by atoms with Gasteiger partial charge in [0.05, 0.1) is 6.61 Å². The first kappa shape index (κ1) is 12.2. The van der Waals surface area contributed by atoms with Crippen LogP contribution in [0.25, 0.3) is 0 Å². The van der Waals surface area contributed by atoms with Gasteiger partial charge in [-0.05, 0) is 18.4 Å². The van der Waals surface area contributed by atoms with E-state index < -0.39 is 0 Å². The van der Waals surface area contributed by atoms with Crippen LogP contribution in [0.15, 0.2) is 30.3 Å². The van der Waals surface area contributed by atoms with Gasteiger partial charge in [-0.15, -0.1) is 0 Å². The zero-order valence-corrected chi connectivity index (χ0v) is 9.45. The molecule has 0 aliphatic rings. The number of rotatable bonds is 8. The molecule has 0 radical (unpaired) electrons. The summed E-state index contributed by atoms with van der Waals surface area (Å²) in [5.74, 6) is 0. The van der Waals surface area contributed by atoms with Gasteiger partial charge in [-0.1, -0.05) is 37.3 Å². The van der Waals surface area contributed by atoms with Crippen molar-refractivity contribution in [3.05, 3.63) is 35.9 Å². The predicted octanol–water partition coefficient (Wildman–Crippen LogP) is 3.02. The fourth-order valence-electron chi connectivity index (χ4n) is 1.27. The summed E-state index contributed by atoms with van der Waals surface area (Å²) in [6.45, 7) is 5.26. The molecule has 0 saturated carbocycles. The van der Waals surface area contributed by atoms with Gasteiger partial charge in [0, 0.05) is 19.8 Å². The summed E-state index contributed by atoms with van der Waals surface area (Å²) in [6.07, 6.45) is 2.07. The maximum atomic E-state index is 5.52. The van der Waals surface area contributed by atoms with Crippen molar-refractivity contribution >= 4 is 0 Å². The fraction of sp³-hybridized carbons (Fsp3) is 0.538. The van der Waals surface area contributed by atoms with Crippen LogP contribution in [0.1, 0.15) is 25.3 Å². The van der Waals surface area contributed by atoms with E-state index in [1.54, 1.807) is 0 Å². The Kier molecular flexibility index (Phi) is 6.88. The molecule has 1 aromatic carbocycles. The van der Waals surface area contributed by atoms with Gasteiger partial charge in [0.1, 0.15) is 0 Å². The van der Waals surface area contributed by atoms with E-state index in [2.05, 4.69) is 19.1 Å². The topological polar surface area (TPSA) is 18.5 Å². The number of ether oxygens (including phenoxy) is 2. The Morgan fingerprint density at radius 2 is 1.67 bits per heavy atom. The Morgan fingerprint density at radius 1 is 0.933 bits per heavy atom. The van der Waals surface area contributed by atoms with E-state index in [1.807, 2.05) is 18.2 Å². The predicted molar refractivity (Wildman–Crippen MR) is 61.8 cm³/mol. The van der Waals surface area contributed by atoms with Gasteiger partial charge in [0.2, 0.25) is 0 Å². The van der Waals surface area contributed by atoms with Gasteiger partial charge in [-0.25, -0.2) is 0 Å². The van der Waals surface area contributed by atoms with Gasteiger partial charge in [-0.2, -0.15) is 0 Å². The van der Waals surface area contributed by atoms with Crippen LogP contribution in [0.5, 0.6) is 0 Å². The molecular weight excluding hydrogens is 188 g/mol. The molecule has 0 aliphatic carbocycles. The Labute approximate surface area is 92.2 Å². The van der Waals surface area contributed by atoms with Crippen molar-refractivity contribution in [3.63, 3.8) is 0 Å². The van der Waals surface area contributed by atoms with Crippen LogP contribution >= 0.6 is 0 Å². The summed E-state index contributed by atoms with van der Waals surface area (Å²) in [5.41, 5.74) is 1.23. The highest BCUT2D eigenvalue weighted by Gasteiger charge is 1.92. The van der Waals surface area contributed by atoms with E-state index in [9.17, 15) is 0 Å². The highest BCUT2D eigenvalue weighted by molar-refractivity contribution is 5.13. The van der Waals surface area contributed by atoms with Crippen LogP contribution in [0.4, 0.5) is 0 Å². The van der Waals surface area contributed by atoms with Crippen molar-refractivity contribution in [2.45, 2.75) is 26.4 Å². The second-order valence-electron chi connectivity index (χ2n) is 3.50. The van der Waals surface area contributed by atoms with E-state index in [4.69, 9.17) is 9.47 Å². The molecular formula is C13H20O2. The molecule has 0 spiro atoms. The minimum Gasteiger partial charge on any atom is -0.381 e. The van der Waals surface area contributed by atoms with Crippen molar-refractivity contribution in [2.75, 3.05) is 19.8 Å². The second kappa shape index (κ2) is 8.45. The summed E-state index contributed by atoms with van der Waals surface area (Å²) in [7, 11) is 0. The van der Waals surface area contributed by atoms with Crippen LogP contribution in [0.3, 0.4) is 0 Å². The van der Waals surface area contributed by atoms with Crippen LogP contribution in [0, 0.1) is 0 Å². The van der Waals surface area contributed by atoms with Gasteiger partial charge >= 0.3 is 0 Å². The first-order valence-corrected chi connectivity index (χ1v) is 5.63. The smallest absolute Gasteiger partial charge is 0.0716 e. The molecule has 0 amide bonds. The molecule has 0 aromatic heterocycles. The largest absolute Gasteiger partial charge is 0.381 e. The van der Waals surface area contributed by atoms with Crippen molar-refractivity contribution < 1.29 is 9.47 Å². The van der Waals surface area contributed by atoms with Crippen LogP contribution in [0.2, 0.25) is 0 Å². The number of benzene rings is 1. The molecule has 0 atom stereocenters. The van der Waals surface area contributed by atoms with Crippen molar-refractivity contribution in [3.8, 4) is 0 Å². The van der Waals surface area contributed by atoms with E-state index in [0.29, 0.717) is 6.61 Å². The molecule has 15 heavy (non-hydrogen) atoms. The van der Waals surface area contributed by atoms with E-state index >= 15 is 0 Å². The standard InChI is InChI=1S/C13H20O2/c1-2-9-14-10-6-11-15-12-13-7-4-3-5-8-13/h3-5,7-8H,2,6,9-12H2,1H3. The Balaban J connectivity index is 1.93. The summed E-state index contributed by atoms with van der Waals surface area (Å²) in [5, 5.41) is 0. The molecule has 1 aromatic rings. The lowest BCUT2D eigenvalue weighted by atomic mass is 10.2. The molecule has 0 heterocycles. The number of hydrogen-bond donors (Lipinski definition) is 0. The maximum Gasteiger partial charge on any atom is 0.0716 e. The first-order chi connectivity index (χ1) is 7.43. The molecule has 0 saturated heterocycles. The molecule has 0 bridgehead atoms. The quantitative estimate of drug-likeness (QED) is 0.611. The van der Waals surface area contributed by atoms with E-state index in [0.717, 1.165) is 32.7 Å². The van der Waals surface area contributed by atoms with Crippen LogP contribution in [-0.2, 0) is 16.1 Å².